The predicted molar refractivity (Wildman–Crippen MR) is 60.9 cm³/mol. The number of carbonyl (C=O) groups excluding carboxylic acids is 1. The van der Waals surface area contributed by atoms with E-state index in [2.05, 4.69) is 10.6 Å². The second-order valence-corrected chi connectivity index (χ2v) is 4.44. The Bertz CT molecular complexity index is 188. The van der Waals surface area contributed by atoms with E-state index >= 15 is 0 Å². The quantitative estimate of drug-likeness (QED) is 0.549. The minimum absolute atomic E-state index is 0.0840. The molecule has 2 amide bonds. The largest absolute Gasteiger partial charge is 0.390 e. The Labute approximate surface area is 91.8 Å². The first-order valence-electron chi connectivity index (χ1n) is 5.21. The van der Waals surface area contributed by atoms with Gasteiger partial charge in [-0.15, -0.1) is 0 Å². The molecule has 0 aliphatic carbocycles. The van der Waals surface area contributed by atoms with Crippen molar-refractivity contribution < 1.29 is 9.90 Å². The Morgan fingerprint density at radius 2 is 1.87 bits per heavy atom. The van der Waals surface area contributed by atoms with Crippen LogP contribution in [0.25, 0.3) is 0 Å². The second kappa shape index (κ2) is 6.63. The molecule has 0 bridgehead atoms. The zero-order valence-electron chi connectivity index (χ0n) is 10.1. The maximum absolute atomic E-state index is 11.1. The molecule has 3 N–H and O–H groups in total. The van der Waals surface area contributed by atoms with Gasteiger partial charge >= 0.3 is 6.03 Å². The van der Waals surface area contributed by atoms with Crippen molar-refractivity contribution in [3.05, 3.63) is 0 Å². The molecule has 0 saturated carbocycles. The van der Waals surface area contributed by atoms with Gasteiger partial charge in [-0.05, 0) is 26.8 Å². The van der Waals surface area contributed by atoms with Gasteiger partial charge in [0.15, 0.2) is 0 Å². The molecule has 5 heteroatoms. The van der Waals surface area contributed by atoms with E-state index in [9.17, 15) is 9.90 Å². The summed E-state index contributed by atoms with van der Waals surface area (Å²) in [5.74, 6) is 0. The minimum Gasteiger partial charge on any atom is -0.390 e. The van der Waals surface area contributed by atoms with E-state index in [1.54, 1.807) is 27.9 Å². The van der Waals surface area contributed by atoms with Crippen LogP contribution in [0.4, 0.5) is 4.79 Å². The van der Waals surface area contributed by atoms with Crippen LogP contribution in [0.15, 0.2) is 0 Å². The molecule has 0 atom stereocenters. The van der Waals surface area contributed by atoms with Crippen molar-refractivity contribution in [3.8, 4) is 0 Å². The smallest absolute Gasteiger partial charge is 0.316 e. The van der Waals surface area contributed by atoms with Crippen molar-refractivity contribution in [2.45, 2.75) is 25.9 Å². The fraction of sp³-hybridized carbons (Fsp3) is 0.900. The second-order valence-electron chi connectivity index (χ2n) is 4.44. The average Bonchev–Trinajstić information content (AvgIpc) is 2.08. The first kappa shape index (κ1) is 14.2. The number of amides is 2. The summed E-state index contributed by atoms with van der Waals surface area (Å²) in [5, 5.41) is 15.3. The molecule has 90 valence electrons. The topological polar surface area (TPSA) is 64.6 Å². The van der Waals surface area contributed by atoms with E-state index in [0.29, 0.717) is 13.0 Å². The summed E-state index contributed by atoms with van der Waals surface area (Å²) in [7, 11) is 3.41. The van der Waals surface area contributed by atoms with E-state index < -0.39 is 5.60 Å². The third kappa shape index (κ3) is 9.49. The van der Waals surface area contributed by atoms with Crippen LogP contribution in [-0.2, 0) is 0 Å². The first-order valence-corrected chi connectivity index (χ1v) is 5.21. The van der Waals surface area contributed by atoms with Crippen molar-refractivity contribution in [1.29, 1.82) is 0 Å². The van der Waals surface area contributed by atoms with E-state index in [1.807, 2.05) is 0 Å². The first-order chi connectivity index (χ1) is 6.83. The SMILES string of the molecule is CN(C)C(=O)NCCNCCC(C)(C)O. The number of urea groups is 1. The number of aliphatic hydroxyl groups is 1. The lowest BCUT2D eigenvalue weighted by Gasteiger charge is -2.17. The zero-order chi connectivity index (χ0) is 11.9. The van der Waals surface area contributed by atoms with Crippen molar-refractivity contribution in [2.24, 2.45) is 0 Å². The third-order valence-electron chi connectivity index (χ3n) is 1.90. The van der Waals surface area contributed by atoms with Crippen LogP contribution in [0.2, 0.25) is 0 Å². The molecule has 0 aromatic carbocycles. The van der Waals surface area contributed by atoms with Crippen LogP contribution >= 0.6 is 0 Å². The Kier molecular flexibility index (Phi) is 6.27. The monoisotopic (exact) mass is 217 g/mol. The predicted octanol–water partition coefficient (Wildman–Crippen LogP) is 0.00820. The Morgan fingerprint density at radius 3 is 2.33 bits per heavy atom. The Morgan fingerprint density at radius 1 is 1.27 bits per heavy atom. The van der Waals surface area contributed by atoms with Gasteiger partial charge < -0.3 is 20.6 Å². The van der Waals surface area contributed by atoms with Crippen LogP contribution in [-0.4, -0.2) is 55.4 Å². The fourth-order valence-electron chi connectivity index (χ4n) is 0.935. The minimum atomic E-state index is -0.625. The van der Waals surface area contributed by atoms with Gasteiger partial charge in [-0.25, -0.2) is 4.79 Å². The molecule has 0 aliphatic rings. The standard InChI is InChI=1S/C10H23N3O2/c1-10(2,15)5-6-11-7-8-12-9(14)13(3)4/h11,15H,5-8H2,1-4H3,(H,12,14). The normalized spacial score (nSPS) is 11.3. The molecule has 0 rings (SSSR count). The highest BCUT2D eigenvalue weighted by atomic mass is 16.3. The molecular formula is C10H23N3O2. The van der Waals surface area contributed by atoms with Crippen LogP contribution in [0.1, 0.15) is 20.3 Å². The summed E-state index contributed by atoms with van der Waals surface area (Å²) in [6, 6.07) is -0.0840. The number of hydrogen-bond acceptors (Lipinski definition) is 3. The Hall–Kier alpha value is -0.810. The van der Waals surface area contributed by atoms with Gasteiger partial charge in [-0.3, -0.25) is 0 Å². The summed E-state index contributed by atoms with van der Waals surface area (Å²) in [6.07, 6.45) is 0.703. The lowest BCUT2D eigenvalue weighted by molar-refractivity contribution is 0.0713. The van der Waals surface area contributed by atoms with E-state index in [-0.39, 0.29) is 6.03 Å². The number of rotatable bonds is 6. The van der Waals surface area contributed by atoms with Gasteiger partial charge in [0, 0.05) is 27.2 Å². The van der Waals surface area contributed by atoms with Gasteiger partial charge in [0.1, 0.15) is 0 Å². The lowest BCUT2D eigenvalue weighted by atomic mass is 10.1. The number of hydrogen-bond donors (Lipinski definition) is 3. The highest BCUT2D eigenvalue weighted by Gasteiger charge is 2.10. The lowest BCUT2D eigenvalue weighted by Crippen LogP contribution is -2.39. The molecule has 0 unspecified atom stereocenters. The number of nitrogens with zero attached hydrogens (tertiary/aromatic N) is 1. The molecule has 0 aromatic rings. The van der Waals surface area contributed by atoms with Gasteiger partial charge in [0.2, 0.25) is 0 Å². The average molecular weight is 217 g/mol. The molecular weight excluding hydrogens is 194 g/mol. The van der Waals surface area contributed by atoms with Crippen LogP contribution in [0, 0.1) is 0 Å². The van der Waals surface area contributed by atoms with E-state index in [1.165, 1.54) is 4.90 Å². The Balaban J connectivity index is 3.30. The maximum Gasteiger partial charge on any atom is 0.316 e. The molecule has 0 saturated heterocycles. The van der Waals surface area contributed by atoms with Crippen LogP contribution < -0.4 is 10.6 Å². The van der Waals surface area contributed by atoms with E-state index in [4.69, 9.17) is 0 Å². The van der Waals surface area contributed by atoms with Crippen LogP contribution in [0.5, 0.6) is 0 Å². The third-order valence-corrected chi connectivity index (χ3v) is 1.90. The molecule has 0 aliphatic heterocycles. The van der Waals surface area contributed by atoms with Crippen LogP contribution in [0.3, 0.4) is 0 Å². The van der Waals surface area contributed by atoms with Gasteiger partial charge in [-0.1, -0.05) is 0 Å². The summed E-state index contributed by atoms with van der Waals surface area (Å²) in [5.41, 5.74) is -0.625. The molecule has 0 aromatic heterocycles. The highest BCUT2D eigenvalue weighted by molar-refractivity contribution is 5.73. The molecule has 0 spiro atoms. The van der Waals surface area contributed by atoms with Crippen molar-refractivity contribution in [3.63, 3.8) is 0 Å². The summed E-state index contributed by atoms with van der Waals surface area (Å²) in [4.78, 5) is 12.6. The zero-order valence-corrected chi connectivity index (χ0v) is 10.1. The summed E-state index contributed by atoms with van der Waals surface area (Å²) >= 11 is 0. The summed E-state index contributed by atoms with van der Waals surface area (Å²) in [6.45, 7) is 5.63. The molecule has 5 nitrogen and oxygen atoms in total. The fourth-order valence-corrected chi connectivity index (χ4v) is 0.935. The molecule has 0 heterocycles. The van der Waals surface area contributed by atoms with Crippen molar-refractivity contribution >= 4 is 6.03 Å². The maximum atomic E-state index is 11.1. The summed E-state index contributed by atoms with van der Waals surface area (Å²) < 4.78 is 0. The van der Waals surface area contributed by atoms with Crippen molar-refractivity contribution in [2.75, 3.05) is 33.7 Å². The van der Waals surface area contributed by atoms with Gasteiger partial charge in [0.25, 0.3) is 0 Å². The molecule has 0 radical (unpaired) electrons. The number of nitrogens with one attached hydrogen (secondary N) is 2. The molecule has 0 fully saturated rings. The van der Waals surface area contributed by atoms with Gasteiger partial charge in [-0.2, -0.15) is 0 Å². The highest BCUT2D eigenvalue weighted by Crippen LogP contribution is 2.04. The molecule has 15 heavy (non-hydrogen) atoms. The van der Waals surface area contributed by atoms with E-state index in [0.717, 1.165) is 13.1 Å². The van der Waals surface area contributed by atoms with Crippen molar-refractivity contribution in [1.82, 2.24) is 15.5 Å². The number of carbonyl (C=O) groups is 1. The van der Waals surface area contributed by atoms with Gasteiger partial charge in [0.05, 0.1) is 5.60 Å².